The maximum absolute atomic E-state index is 4.26. The minimum Gasteiger partial charge on any atom is -0.310 e. The van der Waals surface area contributed by atoms with Gasteiger partial charge in [0, 0.05) is 22.9 Å². The van der Waals surface area contributed by atoms with Gasteiger partial charge in [-0.1, -0.05) is 6.07 Å². The third kappa shape index (κ3) is 2.10. The fraction of sp³-hybridized carbons (Fsp3) is 0.357. The molecule has 0 aliphatic carbocycles. The van der Waals surface area contributed by atoms with Crippen molar-refractivity contribution in [2.24, 2.45) is 0 Å². The van der Waals surface area contributed by atoms with Crippen LogP contribution >= 0.6 is 15.9 Å². The van der Waals surface area contributed by atoms with Crippen LogP contribution in [0.25, 0.3) is 5.69 Å². The Hall–Kier alpha value is -1.13. The van der Waals surface area contributed by atoms with Crippen LogP contribution < -0.4 is 5.32 Å². The fourth-order valence-electron chi connectivity index (χ4n) is 2.54. The van der Waals surface area contributed by atoms with Gasteiger partial charge in [0.1, 0.15) is 5.82 Å². The first-order chi connectivity index (χ1) is 8.75. The number of benzene rings is 1. The van der Waals surface area contributed by atoms with Crippen LogP contribution in [0.2, 0.25) is 0 Å². The molecule has 1 fully saturated rings. The van der Waals surface area contributed by atoms with Crippen molar-refractivity contribution in [3.05, 3.63) is 46.5 Å². The Balaban J connectivity index is 1.96. The first-order valence-electron chi connectivity index (χ1n) is 6.29. The molecule has 1 aromatic carbocycles. The molecule has 0 bridgehead atoms. The smallest absolute Gasteiger partial charge is 0.110 e. The van der Waals surface area contributed by atoms with Crippen LogP contribution in [0, 0.1) is 6.92 Å². The van der Waals surface area contributed by atoms with Crippen LogP contribution in [0.5, 0.6) is 0 Å². The van der Waals surface area contributed by atoms with E-state index in [2.05, 4.69) is 49.0 Å². The molecule has 1 atom stereocenters. The topological polar surface area (TPSA) is 29.9 Å². The van der Waals surface area contributed by atoms with Gasteiger partial charge in [-0.3, -0.25) is 0 Å². The van der Waals surface area contributed by atoms with Gasteiger partial charge < -0.3 is 9.88 Å². The zero-order valence-corrected chi connectivity index (χ0v) is 11.9. The fourth-order valence-corrected chi connectivity index (χ4v) is 3.12. The van der Waals surface area contributed by atoms with E-state index in [1.54, 1.807) is 0 Å². The van der Waals surface area contributed by atoms with Crippen molar-refractivity contribution in [3.8, 4) is 5.69 Å². The van der Waals surface area contributed by atoms with E-state index in [9.17, 15) is 0 Å². The van der Waals surface area contributed by atoms with Crippen molar-refractivity contribution in [1.82, 2.24) is 14.9 Å². The van der Waals surface area contributed by atoms with Crippen LogP contribution in [-0.4, -0.2) is 16.1 Å². The number of imidazole rings is 1. The highest BCUT2D eigenvalue weighted by Gasteiger charge is 2.17. The van der Waals surface area contributed by atoms with E-state index in [4.69, 9.17) is 0 Å². The third-order valence-electron chi connectivity index (χ3n) is 3.52. The number of aryl methyl sites for hydroxylation is 1. The van der Waals surface area contributed by atoms with Crippen LogP contribution in [-0.2, 0) is 0 Å². The Morgan fingerprint density at radius 1 is 1.44 bits per heavy atom. The van der Waals surface area contributed by atoms with Crippen LogP contribution in [0.3, 0.4) is 0 Å². The highest BCUT2D eigenvalue weighted by Crippen LogP contribution is 2.29. The number of halogens is 1. The first kappa shape index (κ1) is 11.9. The molecule has 1 aliphatic heterocycles. The van der Waals surface area contributed by atoms with Gasteiger partial charge in [0.15, 0.2) is 0 Å². The van der Waals surface area contributed by atoms with Gasteiger partial charge in [0.25, 0.3) is 0 Å². The van der Waals surface area contributed by atoms with E-state index in [-0.39, 0.29) is 0 Å². The number of rotatable bonds is 2. The molecule has 0 spiro atoms. The molecule has 94 valence electrons. The van der Waals surface area contributed by atoms with Crippen molar-refractivity contribution >= 4 is 15.9 Å². The summed E-state index contributed by atoms with van der Waals surface area (Å²) in [5, 5.41) is 3.53. The molecule has 1 saturated heterocycles. The predicted octanol–water partition coefficient (Wildman–Crippen LogP) is 3.37. The Morgan fingerprint density at radius 2 is 2.33 bits per heavy atom. The summed E-state index contributed by atoms with van der Waals surface area (Å²) in [6.45, 7) is 3.14. The normalized spacial score (nSPS) is 19.3. The maximum atomic E-state index is 4.26. The van der Waals surface area contributed by atoms with Gasteiger partial charge in [-0.2, -0.15) is 0 Å². The summed E-state index contributed by atoms with van der Waals surface area (Å²) in [6.07, 6.45) is 6.32. The molecule has 1 unspecified atom stereocenters. The lowest BCUT2D eigenvalue weighted by Gasteiger charge is -2.14. The summed E-state index contributed by atoms with van der Waals surface area (Å²) in [5.41, 5.74) is 2.51. The zero-order chi connectivity index (χ0) is 12.5. The molecule has 2 aromatic rings. The van der Waals surface area contributed by atoms with E-state index in [0.29, 0.717) is 6.04 Å². The molecule has 1 aliphatic rings. The van der Waals surface area contributed by atoms with Gasteiger partial charge in [-0.15, -0.1) is 0 Å². The Kier molecular flexibility index (Phi) is 3.22. The molecule has 0 saturated carbocycles. The molecule has 0 amide bonds. The molecule has 0 radical (unpaired) electrons. The standard InChI is InChI=1S/C14H16BrN3/c1-10-16-7-8-18(10)14-5-4-11(9-12(14)15)13-3-2-6-17-13/h4-5,7-9,13,17H,2-3,6H2,1H3. The van der Waals surface area contributed by atoms with Gasteiger partial charge in [0.2, 0.25) is 0 Å². The lowest BCUT2D eigenvalue weighted by molar-refractivity contribution is 0.647. The largest absolute Gasteiger partial charge is 0.310 e. The van der Waals surface area contributed by atoms with Gasteiger partial charge in [-0.25, -0.2) is 4.98 Å². The summed E-state index contributed by atoms with van der Waals surface area (Å²) in [5.74, 6) is 1.00. The number of nitrogens with zero attached hydrogens (tertiary/aromatic N) is 2. The lowest BCUT2D eigenvalue weighted by Crippen LogP contribution is -2.13. The van der Waals surface area contributed by atoms with E-state index in [1.807, 2.05) is 19.3 Å². The van der Waals surface area contributed by atoms with Crippen molar-refractivity contribution in [1.29, 1.82) is 0 Å². The molecule has 18 heavy (non-hydrogen) atoms. The monoisotopic (exact) mass is 305 g/mol. The minimum absolute atomic E-state index is 0.513. The molecule has 2 heterocycles. The highest BCUT2D eigenvalue weighted by atomic mass is 79.9. The van der Waals surface area contributed by atoms with Crippen molar-refractivity contribution < 1.29 is 0 Å². The van der Waals surface area contributed by atoms with Gasteiger partial charge in [-0.05, 0) is 59.9 Å². The van der Waals surface area contributed by atoms with E-state index in [1.165, 1.54) is 18.4 Å². The number of nitrogens with one attached hydrogen (secondary N) is 1. The molecule has 1 N–H and O–H groups in total. The summed E-state index contributed by atoms with van der Waals surface area (Å²) >= 11 is 3.67. The van der Waals surface area contributed by atoms with Crippen molar-refractivity contribution in [2.75, 3.05) is 6.54 Å². The minimum atomic E-state index is 0.513. The predicted molar refractivity (Wildman–Crippen MR) is 76.0 cm³/mol. The zero-order valence-electron chi connectivity index (χ0n) is 10.4. The average molecular weight is 306 g/mol. The second kappa shape index (κ2) is 4.86. The van der Waals surface area contributed by atoms with Crippen LogP contribution in [0.1, 0.15) is 30.3 Å². The van der Waals surface area contributed by atoms with Crippen LogP contribution in [0.4, 0.5) is 0 Å². The summed E-state index contributed by atoms with van der Waals surface area (Å²) in [7, 11) is 0. The van der Waals surface area contributed by atoms with Gasteiger partial charge in [0.05, 0.1) is 5.69 Å². The molecule has 3 nitrogen and oxygen atoms in total. The van der Waals surface area contributed by atoms with E-state index < -0.39 is 0 Å². The summed E-state index contributed by atoms with van der Waals surface area (Å²) in [6, 6.07) is 7.10. The highest BCUT2D eigenvalue weighted by molar-refractivity contribution is 9.10. The SMILES string of the molecule is Cc1nccn1-c1ccc(C2CCCN2)cc1Br. The molecule has 3 rings (SSSR count). The molecular weight excluding hydrogens is 290 g/mol. The van der Waals surface area contributed by atoms with E-state index in [0.717, 1.165) is 22.5 Å². The Labute approximate surface area is 115 Å². The molecule has 1 aromatic heterocycles. The first-order valence-corrected chi connectivity index (χ1v) is 7.08. The Morgan fingerprint density at radius 3 is 2.94 bits per heavy atom. The summed E-state index contributed by atoms with van der Waals surface area (Å²) < 4.78 is 3.21. The Bertz CT molecular complexity index is 556. The lowest BCUT2D eigenvalue weighted by atomic mass is 10.1. The number of hydrogen-bond acceptors (Lipinski definition) is 2. The van der Waals surface area contributed by atoms with Gasteiger partial charge >= 0.3 is 0 Å². The second-order valence-corrected chi connectivity index (χ2v) is 5.56. The second-order valence-electron chi connectivity index (χ2n) is 4.70. The number of aromatic nitrogens is 2. The average Bonchev–Trinajstić information content (AvgIpc) is 3.00. The molecular formula is C14H16BrN3. The third-order valence-corrected chi connectivity index (χ3v) is 4.15. The van der Waals surface area contributed by atoms with E-state index >= 15 is 0 Å². The maximum Gasteiger partial charge on any atom is 0.110 e. The quantitative estimate of drug-likeness (QED) is 0.922. The van der Waals surface area contributed by atoms with Crippen molar-refractivity contribution in [2.45, 2.75) is 25.8 Å². The summed E-state index contributed by atoms with van der Waals surface area (Å²) in [4.78, 5) is 4.26. The van der Waals surface area contributed by atoms with Crippen LogP contribution in [0.15, 0.2) is 35.1 Å². The van der Waals surface area contributed by atoms with Crippen molar-refractivity contribution in [3.63, 3.8) is 0 Å². The molecule has 4 heteroatoms. The number of hydrogen-bond donors (Lipinski definition) is 1.